The molecule has 0 spiro atoms. The molecule has 0 aliphatic carbocycles. The molecule has 1 fully saturated rings. The molecule has 0 unspecified atom stereocenters. The van der Waals surface area contributed by atoms with Gasteiger partial charge in [0, 0.05) is 37.7 Å². The number of H-pyrrole nitrogens is 1. The number of nitrogens with zero attached hydrogens (tertiary/aromatic N) is 4. The number of nitrogens with one attached hydrogen (secondary N) is 2. The maximum atomic E-state index is 12.5. The molecule has 0 radical (unpaired) electrons. The topological polar surface area (TPSA) is 124 Å². The quantitative estimate of drug-likeness (QED) is 0.461. The van der Waals surface area contributed by atoms with E-state index in [4.69, 9.17) is 10.00 Å². The van der Waals surface area contributed by atoms with Crippen LogP contribution in [0.2, 0.25) is 0 Å². The lowest BCUT2D eigenvalue weighted by Gasteiger charge is -2.27. The van der Waals surface area contributed by atoms with Crippen molar-refractivity contribution in [2.45, 2.75) is 38.6 Å². The number of hydrogen-bond acceptors (Lipinski definition) is 8. The summed E-state index contributed by atoms with van der Waals surface area (Å²) in [7, 11) is 0. The number of ketones is 1. The molecule has 180 valence electrons. The average Bonchev–Trinajstić information content (AvgIpc) is 3.33. The van der Waals surface area contributed by atoms with Gasteiger partial charge in [-0.3, -0.25) is 9.59 Å². The predicted molar refractivity (Wildman–Crippen MR) is 133 cm³/mol. The molecule has 2 aromatic heterocycles. The minimum absolute atomic E-state index is 0.113. The maximum Gasteiger partial charge on any atom is 0.269 e. The summed E-state index contributed by atoms with van der Waals surface area (Å²) in [5.41, 5.74) is 2.74. The number of nitriles is 1. The fourth-order valence-electron chi connectivity index (χ4n) is 4.21. The molecule has 0 saturated carbocycles. The second kappa shape index (κ2) is 11.3. The molecule has 1 aliphatic rings. The fraction of sp³-hybridized carbons (Fsp3) is 0.346. The highest BCUT2D eigenvalue weighted by Crippen LogP contribution is 2.27. The molecule has 0 amide bonds. The Morgan fingerprint density at radius 2 is 2.20 bits per heavy atom. The van der Waals surface area contributed by atoms with Crippen molar-refractivity contribution in [3.8, 4) is 11.8 Å². The SMILES string of the molecule is Cc1c(N2CCC[C@H]2COc2cccc(CC(=O)CCNc3ccc(C#N)cn3)c2)cn[nH]c1=O. The molecule has 9 heteroatoms. The third kappa shape index (κ3) is 6.23. The molecule has 1 saturated heterocycles. The van der Waals surface area contributed by atoms with Gasteiger partial charge in [0.25, 0.3) is 5.56 Å². The van der Waals surface area contributed by atoms with Gasteiger partial charge in [-0.1, -0.05) is 12.1 Å². The number of carbonyl (C=O) groups excluding carboxylic acids is 1. The van der Waals surface area contributed by atoms with Crippen LogP contribution < -0.4 is 20.5 Å². The number of carbonyl (C=O) groups is 1. The molecular formula is C26H28N6O3. The van der Waals surface area contributed by atoms with Gasteiger partial charge < -0.3 is 15.0 Å². The van der Waals surface area contributed by atoms with Crippen LogP contribution in [0.3, 0.4) is 0 Å². The summed E-state index contributed by atoms with van der Waals surface area (Å²) in [5, 5.41) is 18.4. The summed E-state index contributed by atoms with van der Waals surface area (Å²) in [6, 6.07) is 13.2. The molecule has 35 heavy (non-hydrogen) atoms. The Kier molecular flexibility index (Phi) is 7.73. The number of rotatable bonds is 10. The van der Waals surface area contributed by atoms with Gasteiger partial charge >= 0.3 is 0 Å². The van der Waals surface area contributed by atoms with Crippen LogP contribution in [0.1, 0.15) is 36.0 Å². The highest BCUT2D eigenvalue weighted by atomic mass is 16.5. The van der Waals surface area contributed by atoms with Crippen molar-refractivity contribution in [1.29, 1.82) is 5.26 Å². The second-order valence-electron chi connectivity index (χ2n) is 8.59. The summed E-state index contributed by atoms with van der Waals surface area (Å²) < 4.78 is 6.09. The number of aromatic nitrogens is 3. The largest absolute Gasteiger partial charge is 0.491 e. The zero-order valence-corrected chi connectivity index (χ0v) is 19.7. The number of anilines is 2. The summed E-state index contributed by atoms with van der Waals surface area (Å²) in [5.74, 6) is 1.48. The van der Waals surface area contributed by atoms with Crippen LogP contribution in [0.15, 0.2) is 53.6 Å². The van der Waals surface area contributed by atoms with E-state index in [2.05, 4.69) is 25.4 Å². The summed E-state index contributed by atoms with van der Waals surface area (Å²) in [4.78, 5) is 30.7. The minimum Gasteiger partial charge on any atom is -0.491 e. The van der Waals surface area contributed by atoms with Gasteiger partial charge in [0.2, 0.25) is 0 Å². The van der Waals surface area contributed by atoms with Gasteiger partial charge in [-0.05, 0) is 49.6 Å². The molecular weight excluding hydrogens is 444 g/mol. The first kappa shape index (κ1) is 24.0. The first-order chi connectivity index (χ1) is 17.0. The predicted octanol–water partition coefficient (Wildman–Crippen LogP) is 3.01. The summed E-state index contributed by atoms with van der Waals surface area (Å²) in [6.45, 7) is 3.64. The zero-order valence-electron chi connectivity index (χ0n) is 19.7. The van der Waals surface area contributed by atoms with E-state index in [1.165, 1.54) is 6.20 Å². The third-order valence-corrected chi connectivity index (χ3v) is 6.11. The van der Waals surface area contributed by atoms with Crippen molar-refractivity contribution < 1.29 is 9.53 Å². The Hall–Kier alpha value is -4.19. The molecule has 1 atom stereocenters. The summed E-state index contributed by atoms with van der Waals surface area (Å²) in [6.07, 6.45) is 5.90. The lowest BCUT2D eigenvalue weighted by Crippen LogP contribution is -2.36. The van der Waals surface area contributed by atoms with Gasteiger partial charge in [-0.25, -0.2) is 10.1 Å². The number of aromatic amines is 1. The van der Waals surface area contributed by atoms with Crippen molar-refractivity contribution in [1.82, 2.24) is 15.2 Å². The monoisotopic (exact) mass is 472 g/mol. The zero-order chi connectivity index (χ0) is 24.6. The van der Waals surface area contributed by atoms with Crippen molar-refractivity contribution in [3.63, 3.8) is 0 Å². The normalized spacial score (nSPS) is 15.0. The minimum atomic E-state index is -0.171. The van der Waals surface area contributed by atoms with Gasteiger partial charge in [-0.15, -0.1) is 0 Å². The van der Waals surface area contributed by atoms with E-state index < -0.39 is 0 Å². The second-order valence-corrected chi connectivity index (χ2v) is 8.59. The van der Waals surface area contributed by atoms with E-state index in [0.717, 1.165) is 36.4 Å². The van der Waals surface area contributed by atoms with Crippen molar-refractivity contribution in [2.24, 2.45) is 0 Å². The Morgan fingerprint density at radius 1 is 1.31 bits per heavy atom. The highest BCUT2D eigenvalue weighted by Gasteiger charge is 2.27. The summed E-state index contributed by atoms with van der Waals surface area (Å²) >= 11 is 0. The van der Waals surface area contributed by atoms with Crippen LogP contribution in [-0.4, -0.2) is 46.7 Å². The highest BCUT2D eigenvalue weighted by molar-refractivity contribution is 5.81. The molecule has 3 aromatic rings. The van der Waals surface area contributed by atoms with Crippen LogP contribution in [-0.2, 0) is 11.2 Å². The smallest absolute Gasteiger partial charge is 0.269 e. The van der Waals surface area contributed by atoms with Crippen LogP contribution in [0.25, 0.3) is 0 Å². The van der Waals surface area contributed by atoms with Crippen molar-refractivity contribution in [2.75, 3.05) is 29.9 Å². The van der Waals surface area contributed by atoms with Gasteiger partial charge in [0.15, 0.2) is 0 Å². The lowest BCUT2D eigenvalue weighted by molar-refractivity contribution is -0.118. The molecule has 4 rings (SSSR count). The van der Waals surface area contributed by atoms with Crippen LogP contribution >= 0.6 is 0 Å². The Morgan fingerprint density at radius 3 is 3.00 bits per heavy atom. The Balaban J connectivity index is 1.27. The lowest BCUT2D eigenvalue weighted by atomic mass is 10.1. The fourth-order valence-corrected chi connectivity index (χ4v) is 4.21. The average molecular weight is 473 g/mol. The number of benzene rings is 1. The first-order valence-electron chi connectivity index (χ1n) is 11.7. The number of pyridine rings is 1. The van der Waals surface area contributed by atoms with Crippen LogP contribution in [0.4, 0.5) is 11.5 Å². The number of Topliss-reactive ketones (excluding diaryl/α,β-unsaturated/α-hetero) is 1. The first-order valence-corrected chi connectivity index (χ1v) is 11.7. The molecule has 0 bridgehead atoms. The van der Waals surface area contributed by atoms with E-state index in [-0.39, 0.29) is 17.4 Å². The molecule has 1 aromatic carbocycles. The van der Waals surface area contributed by atoms with Crippen molar-refractivity contribution in [3.05, 3.63) is 75.8 Å². The van der Waals surface area contributed by atoms with E-state index in [1.807, 2.05) is 37.3 Å². The van der Waals surface area contributed by atoms with Gasteiger partial charge in [0.1, 0.15) is 30.0 Å². The van der Waals surface area contributed by atoms with Crippen LogP contribution in [0, 0.1) is 18.3 Å². The Labute approximate surface area is 203 Å². The molecule has 3 heterocycles. The number of hydrogen-bond donors (Lipinski definition) is 2. The number of ether oxygens (including phenoxy) is 1. The molecule has 2 N–H and O–H groups in total. The molecule has 9 nitrogen and oxygen atoms in total. The maximum absolute atomic E-state index is 12.5. The third-order valence-electron chi connectivity index (χ3n) is 6.11. The van der Waals surface area contributed by atoms with Crippen LogP contribution in [0.5, 0.6) is 5.75 Å². The van der Waals surface area contributed by atoms with E-state index in [0.29, 0.717) is 42.9 Å². The Bertz CT molecular complexity index is 1270. The van der Waals surface area contributed by atoms with E-state index >= 15 is 0 Å². The standard InChI is InChI=1S/C26H28N6O3/c1-18-24(16-30-31-26(18)34)32-11-3-5-21(32)17-35-23-6-2-4-19(13-23)12-22(33)9-10-28-25-8-7-20(14-27)15-29-25/h2,4,6-8,13,15-16,21H,3,5,9-12,17H2,1H3,(H,28,29)(H,31,34)/t21-/m0/s1. The van der Waals surface area contributed by atoms with Gasteiger partial charge in [-0.2, -0.15) is 10.4 Å². The molecule has 1 aliphatic heterocycles. The van der Waals surface area contributed by atoms with E-state index in [9.17, 15) is 9.59 Å². The van der Waals surface area contributed by atoms with Gasteiger partial charge in [0.05, 0.1) is 23.5 Å². The van der Waals surface area contributed by atoms with E-state index in [1.54, 1.807) is 18.3 Å². The van der Waals surface area contributed by atoms with Crippen molar-refractivity contribution >= 4 is 17.3 Å².